The predicted molar refractivity (Wildman–Crippen MR) is 88.2 cm³/mol. The number of nitrogens with one attached hydrogen (secondary N) is 1. The molecule has 0 aliphatic carbocycles. The van der Waals surface area contributed by atoms with E-state index < -0.39 is 6.09 Å². The van der Waals surface area contributed by atoms with Crippen LogP contribution in [0.15, 0.2) is 85.1 Å². The number of carbonyl (C=O) groups excluding carboxylic acids is 1. The van der Waals surface area contributed by atoms with Crippen molar-refractivity contribution < 1.29 is 9.53 Å². The van der Waals surface area contributed by atoms with Crippen LogP contribution in [0.5, 0.6) is 0 Å². The second kappa shape index (κ2) is 8.47. The monoisotopic (exact) mass is 293 g/mol. The minimum absolute atomic E-state index is 0.255. The van der Waals surface area contributed by atoms with Crippen LogP contribution in [-0.4, -0.2) is 6.09 Å². The fourth-order valence-electron chi connectivity index (χ4n) is 1.91. The third-order valence-corrected chi connectivity index (χ3v) is 3.01. The summed E-state index contributed by atoms with van der Waals surface area (Å²) < 4.78 is 5.10. The zero-order valence-electron chi connectivity index (χ0n) is 12.4. The molecule has 0 heterocycles. The van der Waals surface area contributed by atoms with Crippen LogP contribution in [0.4, 0.5) is 4.79 Å². The van der Waals surface area contributed by atoms with E-state index in [9.17, 15) is 4.79 Å². The van der Waals surface area contributed by atoms with Crippen molar-refractivity contribution in [2.75, 3.05) is 0 Å². The molecule has 0 saturated carbocycles. The number of carbonyl (C=O) groups is 1. The molecule has 0 saturated heterocycles. The largest absolute Gasteiger partial charge is 0.444 e. The average Bonchev–Trinajstić information content (AvgIpc) is 2.55. The molecule has 0 radical (unpaired) electrons. The van der Waals surface area contributed by atoms with Crippen LogP contribution in [0.25, 0.3) is 0 Å². The zero-order valence-corrected chi connectivity index (χ0v) is 12.4. The highest BCUT2D eigenvalue weighted by Gasteiger charge is 1.99. The second-order valence-electron chi connectivity index (χ2n) is 4.86. The van der Waals surface area contributed by atoms with E-state index >= 15 is 0 Å². The van der Waals surface area contributed by atoms with Crippen LogP contribution in [0.1, 0.15) is 11.1 Å². The van der Waals surface area contributed by atoms with E-state index in [1.165, 1.54) is 5.56 Å². The van der Waals surface area contributed by atoms with Gasteiger partial charge in [-0.15, -0.1) is 0 Å². The van der Waals surface area contributed by atoms with Gasteiger partial charge in [-0.25, -0.2) is 4.79 Å². The molecule has 3 nitrogen and oxygen atoms in total. The maximum Gasteiger partial charge on any atom is 0.411 e. The van der Waals surface area contributed by atoms with Crippen molar-refractivity contribution in [3.8, 4) is 0 Å². The van der Waals surface area contributed by atoms with E-state index in [4.69, 9.17) is 4.74 Å². The Bertz CT molecular complexity index is 633. The SMILES string of the molecule is C=C(/C=C/NC(=O)OCc1ccccc1)Cc1ccccc1. The summed E-state index contributed by atoms with van der Waals surface area (Å²) in [6, 6.07) is 19.6. The molecular weight excluding hydrogens is 274 g/mol. The molecule has 0 aromatic heterocycles. The lowest BCUT2D eigenvalue weighted by atomic mass is 10.1. The maximum absolute atomic E-state index is 11.5. The van der Waals surface area contributed by atoms with Crippen molar-refractivity contribution in [2.24, 2.45) is 0 Å². The van der Waals surface area contributed by atoms with E-state index in [0.717, 1.165) is 17.6 Å². The molecule has 0 bridgehead atoms. The average molecular weight is 293 g/mol. The number of allylic oxidation sites excluding steroid dienone is 2. The molecule has 0 aliphatic rings. The summed E-state index contributed by atoms with van der Waals surface area (Å²) >= 11 is 0. The molecule has 0 fully saturated rings. The highest BCUT2D eigenvalue weighted by Crippen LogP contribution is 2.06. The molecule has 0 atom stereocenters. The van der Waals surface area contributed by atoms with E-state index in [-0.39, 0.29) is 6.61 Å². The Hall–Kier alpha value is -2.81. The van der Waals surface area contributed by atoms with Crippen LogP contribution < -0.4 is 5.32 Å². The summed E-state index contributed by atoms with van der Waals surface area (Å²) in [5.74, 6) is 0. The summed E-state index contributed by atoms with van der Waals surface area (Å²) in [5, 5.41) is 2.57. The third kappa shape index (κ3) is 5.67. The van der Waals surface area contributed by atoms with Crippen molar-refractivity contribution in [2.45, 2.75) is 13.0 Å². The number of amides is 1. The summed E-state index contributed by atoms with van der Waals surface area (Å²) in [7, 11) is 0. The van der Waals surface area contributed by atoms with Crippen molar-refractivity contribution in [3.05, 3.63) is 96.2 Å². The normalized spacial score (nSPS) is 10.4. The fourth-order valence-corrected chi connectivity index (χ4v) is 1.91. The van der Waals surface area contributed by atoms with Crippen LogP contribution >= 0.6 is 0 Å². The number of benzene rings is 2. The molecule has 1 amide bonds. The van der Waals surface area contributed by atoms with E-state index in [2.05, 4.69) is 11.9 Å². The molecule has 2 aromatic rings. The van der Waals surface area contributed by atoms with E-state index in [0.29, 0.717) is 0 Å². The lowest BCUT2D eigenvalue weighted by Crippen LogP contribution is -2.18. The fraction of sp³-hybridized carbons (Fsp3) is 0.105. The Morgan fingerprint density at radius 3 is 2.23 bits per heavy atom. The first-order valence-electron chi connectivity index (χ1n) is 7.09. The highest BCUT2D eigenvalue weighted by molar-refractivity contribution is 5.68. The van der Waals surface area contributed by atoms with Gasteiger partial charge in [0, 0.05) is 6.20 Å². The van der Waals surface area contributed by atoms with Gasteiger partial charge in [0.1, 0.15) is 6.61 Å². The predicted octanol–water partition coefficient (Wildman–Crippen LogP) is 4.23. The van der Waals surface area contributed by atoms with Gasteiger partial charge in [-0.05, 0) is 29.2 Å². The molecule has 112 valence electrons. The molecule has 0 aliphatic heterocycles. The maximum atomic E-state index is 11.5. The highest BCUT2D eigenvalue weighted by atomic mass is 16.5. The molecule has 0 spiro atoms. The molecule has 2 rings (SSSR count). The minimum Gasteiger partial charge on any atom is -0.444 e. The van der Waals surface area contributed by atoms with Gasteiger partial charge in [0.15, 0.2) is 0 Å². The van der Waals surface area contributed by atoms with Crippen LogP contribution in [-0.2, 0) is 17.8 Å². The molecule has 1 N–H and O–H groups in total. The van der Waals surface area contributed by atoms with Crippen molar-refractivity contribution in [1.82, 2.24) is 5.32 Å². The number of alkyl carbamates (subject to hydrolysis) is 1. The quantitative estimate of drug-likeness (QED) is 0.810. The lowest BCUT2D eigenvalue weighted by molar-refractivity contribution is 0.143. The van der Waals surface area contributed by atoms with Crippen molar-refractivity contribution in [3.63, 3.8) is 0 Å². The van der Waals surface area contributed by atoms with Crippen LogP contribution in [0.3, 0.4) is 0 Å². The Kier molecular flexibility index (Phi) is 6.00. The van der Waals surface area contributed by atoms with Crippen molar-refractivity contribution in [1.29, 1.82) is 0 Å². The lowest BCUT2D eigenvalue weighted by Gasteiger charge is -2.04. The van der Waals surface area contributed by atoms with Gasteiger partial charge >= 0.3 is 6.09 Å². The van der Waals surface area contributed by atoms with E-state index in [1.807, 2.05) is 60.7 Å². The smallest absolute Gasteiger partial charge is 0.411 e. The van der Waals surface area contributed by atoms with Gasteiger partial charge in [0.25, 0.3) is 0 Å². The van der Waals surface area contributed by atoms with Gasteiger partial charge in [-0.3, -0.25) is 5.32 Å². The molecule has 22 heavy (non-hydrogen) atoms. The summed E-state index contributed by atoms with van der Waals surface area (Å²) in [6.07, 6.45) is 3.60. The van der Waals surface area contributed by atoms with Crippen LogP contribution in [0.2, 0.25) is 0 Å². The summed E-state index contributed by atoms with van der Waals surface area (Å²) in [4.78, 5) is 11.5. The van der Waals surface area contributed by atoms with Gasteiger partial charge < -0.3 is 4.74 Å². The Morgan fingerprint density at radius 1 is 1.00 bits per heavy atom. The Balaban J connectivity index is 1.70. The summed E-state index contributed by atoms with van der Waals surface area (Å²) in [6.45, 7) is 4.22. The van der Waals surface area contributed by atoms with E-state index in [1.54, 1.807) is 12.3 Å². The van der Waals surface area contributed by atoms with Gasteiger partial charge in [0.2, 0.25) is 0 Å². The van der Waals surface area contributed by atoms with Gasteiger partial charge in [0.05, 0.1) is 0 Å². The second-order valence-corrected chi connectivity index (χ2v) is 4.86. The third-order valence-electron chi connectivity index (χ3n) is 3.01. The minimum atomic E-state index is -0.479. The topological polar surface area (TPSA) is 38.3 Å². The number of hydrogen-bond donors (Lipinski definition) is 1. The molecular formula is C19H19NO2. The first-order valence-corrected chi connectivity index (χ1v) is 7.09. The van der Waals surface area contributed by atoms with Gasteiger partial charge in [-0.2, -0.15) is 0 Å². The first-order chi connectivity index (χ1) is 10.7. The number of rotatable bonds is 6. The Labute approximate surface area is 130 Å². The van der Waals surface area contributed by atoms with Crippen molar-refractivity contribution >= 4 is 6.09 Å². The Morgan fingerprint density at radius 2 is 1.59 bits per heavy atom. The van der Waals surface area contributed by atoms with Gasteiger partial charge in [-0.1, -0.05) is 67.2 Å². The zero-order chi connectivity index (χ0) is 15.6. The number of hydrogen-bond acceptors (Lipinski definition) is 2. The molecule has 2 aromatic carbocycles. The first kappa shape index (κ1) is 15.6. The number of ether oxygens (including phenoxy) is 1. The summed E-state index contributed by atoms with van der Waals surface area (Å²) in [5.41, 5.74) is 3.05. The molecule has 0 unspecified atom stereocenters. The molecule has 3 heteroatoms. The van der Waals surface area contributed by atoms with Crippen LogP contribution in [0, 0.1) is 0 Å². The standard InChI is InChI=1S/C19H19NO2/c1-16(14-17-8-4-2-5-9-17)12-13-20-19(21)22-15-18-10-6-3-7-11-18/h2-13H,1,14-15H2,(H,20,21)/b13-12+.